The fraction of sp³-hybridized carbons (Fsp3) is 1.00. The fourth-order valence-corrected chi connectivity index (χ4v) is 3.07. The van der Waals surface area contributed by atoms with Gasteiger partial charge in [0, 0.05) is 39.4 Å². The van der Waals surface area contributed by atoms with Crippen molar-refractivity contribution in [3.63, 3.8) is 0 Å². The van der Waals surface area contributed by atoms with E-state index in [1.54, 1.807) is 14.2 Å². The van der Waals surface area contributed by atoms with Crippen molar-refractivity contribution in [3.05, 3.63) is 0 Å². The SMILES string of the molecule is CNC1CCC(N2CC(OC)C(OC)C2)C1. The Bertz CT molecular complexity index is 213. The summed E-state index contributed by atoms with van der Waals surface area (Å²) in [7, 11) is 5.63. The third kappa shape index (κ3) is 2.40. The monoisotopic (exact) mass is 228 g/mol. The maximum Gasteiger partial charge on any atom is 0.0971 e. The molecule has 4 unspecified atom stereocenters. The second kappa shape index (κ2) is 5.45. The molecular formula is C12H24N2O2. The lowest BCUT2D eigenvalue weighted by atomic mass is 10.2. The van der Waals surface area contributed by atoms with Gasteiger partial charge in [-0.2, -0.15) is 0 Å². The molecule has 2 fully saturated rings. The molecule has 0 aromatic rings. The van der Waals surface area contributed by atoms with Crippen LogP contribution in [0.2, 0.25) is 0 Å². The largest absolute Gasteiger partial charge is 0.377 e. The Morgan fingerprint density at radius 1 is 1.06 bits per heavy atom. The lowest BCUT2D eigenvalue weighted by molar-refractivity contribution is -0.00461. The smallest absolute Gasteiger partial charge is 0.0971 e. The maximum absolute atomic E-state index is 5.48. The molecule has 1 saturated carbocycles. The topological polar surface area (TPSA) is 33.7 Å². The number of ether oxygens (including phenoxy) is 2. The van der Waals surface area contributed by atoms with Crippen molar-refractivity contribution in [1.82, 2.24) is 10.2 Å². The first-order valence-corrected chi connectivity index (χ1v) is 6.25. The van der Waals surface area contributed by atoms with Crippen LogP contribution in [0.1, 0.15) is 19.3 Å². The third-order valence-corrected chi connectivity index (χ3v) is 4.18. The molecule has 0 aromatic heterocycles. The van der Waals surface area contributed by atoms with Crippen molar-refractivity contribution >= 4 is 0 Å². The van der Waals surface area contributed by atoms with Gasteiger partial charge in [-0.1, -0.05) is 0 Å². The predicted molar refractivity (Wildman–Crippen MR) is 63.7 cm³/mol. The van der Waals surface area contributed by atoms with Crippen molar-refractivity contribution in [2.45, 2.75) is 43.6 Å². The second-order valence-corrected chi connectivity index (χ2v) is 4.95. The highest BCUT2D eigenvalue weighted by atomic mass is 16.5. The fourth-order valence-electron chi connectivity index (χ4n) is 3.07. The molecule has 1 N–H and O–H groups in total. The number of nitrogens with one attached hydrogen (secondary N) is 1. The number of nitrogens with zero attached hydrogens (tertiary/aromatic N) is 1. The second-order valence-electron chi connectivity index (χ2n) is 4.95. The molecule has 2 aliphatic rings. The Labute approximate surface area is 98.3 Å². The van der Waals surface area contributed by atoms with E-state index in [0.29, 0.717) is 6.04 Å². The van der Waals surface area contributed by atoms with Crippen molar-refractivity contribution in [2.75, 3.05) is 34.4 Å². The van der Waals surface area contributed by atoms with E-state index in [2.05, 4.69) is 17.3 Å². The van der Waals surface area contributed by atoms with Crippen molar-refractivity contribution in [1.29, 1.82) is 0 Å². The van der Waals surface area contributed by atoms with E-state index in [4.69, 9.17) is 9.47 Å². The van der Waals surface area contributed by atoms with Gasteiger partial charge < -0.3 is 14.8 Å². The van der Waals surface area contributed by atoms with E-state index < -0.39 is 0 Å². The molecule has 0 radical (unpaired) electrons. The molecule has 0 amide bonds. The molecule has 0 spiro atoms. The molecule has 1 saturated heterocycles. The Kier molecular flexibility index (Phi) is 4.19. The Morgan fingerprint density at radius 3 is 2.12 bits per heavy atom. The van der Waals surface area contributed by atoms with Crippen molar-refractivity contribution < 1.29 is 9.47 Å². The van der Waals surface area contributed by atoms with Gasteiger partial charge in [-0.15, -0.1) is 0 Å². The van der Waals surface area contributed by atoms with Gasteiger partial charge >= 0.3 is 0 Å². The number of hydrogen-bond acceptors (Lipinski definition) is 4. The van der Waals surface area contributed by atoms with E-state index in [9.17, 15) is 0 Å². The molecule has 16 heavy (non-hydrogen) atoms. The van der Waals surface area contributed by atoms with Gasteiger partial charge in [0.1, 0.15) is 0 Å². The third-order valence-electron chi connectivity index (χ3n) is 4.18. The molecular weight excluding hydrogens is 204 g/mol. The molecule has 0 aromatic carbocycles. The van der Waals surface area contributed by atoms with Gasteiger partial charge in [0.25, 0.3) is 0 Å². The number of methoxy groups -OCH3 is 2. The average Bonchev–Trinajstić information content (AvgIpc) is 2.94. The van der Waals surface area contributed by atoms with Crippen molar-refractivity contribution in [2.24, 2.45) is 0 Å². The van der Waals surface area contributed by atoms with Gasteiger partial charge in [0.2, 0.25) is 0 Å². The number of hydrogen-bond donors (Lipinski definition) is 1. The standard InChI is InChI=1S/C12H24N2O2/c1-13-9-4-5-10(6-9)14-7-11(15-2)12(8-14)16-3/h9-13H,4-8H2,1-3H3. The molecule has 1 aliphatic carbocycles. The van der Waals surface area contributed by atoms with Gasteiger partial charge in [-0.3, -0.25) is 4.90 Å². The Balaban J connectivity index is 1.88. The molecule has 2 rings (SSSR count). The number of likely N-dealkylation sites (tertiary alicyclic amines) is 1. The first-order valence-electron chi connectivity index (χ1n) is 6.25. The highest BCUT2D eigenvalue weighted by Crippen LogP contribution is 2.28. The summed E-state index contributed by atoms with van der Waals surface area (Å²) in [4.78, 5) is 2.54. The van der Waals surface area contributed by atoms with E-state index >= 15 is 0 Å². The Hall–Kier alpha value is -0.160. The lowest BCUT2D eigenvalue weighted by Crippen LogP contribution is -2.34. The molecule has 4 nitrogen and oxygen atoms in total. The zero-order valence-corrected chi connectivity index (χ0v) is 10.6. The van der Waals surface area contributed by atoms with Crippen LogP contribution in [0.4, 0.5) is 0 Å². The summed E-state index contributed by atoms with van der Waals surface area (Å²) < 4.78 is 11.0. The summed E-state index contributed by atoms with van der Waals surface area (Å²) in [6.07, 6.45) is 4.37. The maximum atomic E-state index is 5.48. The van der Waals surface area contributed by atoms with Crippen LogP contribution in [0.3, 0.4) is 0 Å². The summed E-state index contributed by atoms with van der Waals surface area (Å²) in [5.41, 5.74) is 0. The van der Waals surface area contributed by atoms with Crippen LogP contribution in [0.15, 0.2) is 0 Å². The summed E-state index contributed by atoms with van der Waals surface area (Å²) in [6.45, 7) is 2.05. The highest BCUT2D eigenvalue weighted by molar-refractivity contribution is 4.93. The van der Waals surface area contributed by atoms with Crippen LogP contribution >= 0.6 is 0 Å². The molecule has 94 valence electrons. The van der Waals surface area contributed by atoms with Crippen LogP contribution in [0.5, 0.6) is 0 Å². The first kappa shape index (κ1) is 12.3. The van der Waals surface area contributed by atoms with Gasteiger partial charge in [-0.05, 0) is 26.3 Å². The van der Waals surface area contributed by atoms with E-state index in [0.717, 1.165) is 19.1 Å². The zero-order valence-electron chi connectivity index (χ0n) is 10.6. The Morgan fingerprint density at radius 2 is 1.69 bits per heavy atom. The minimum Gasteiger partial charge on any atom is -0.377 e. The van der Waals surface area contributed by atoms with Crippen molar-refractivity contribution in [3.8, 4) is 0 Å². The summed E-state index contributed by atoms with van der Waals surface area (Å²) in [6, 6.07) is 1.42. The van der Waals surface area contributed by atoms with Gasteiger partial charge in [0.15, 0.2) is 0 Å². The molecule has 4 heteroatoms. The van der Waals surface area contributed by atoms with Gasteiger partial charge in [-0.25, -0.2) is 0 Å². The van der Waals surface area contributed by atoms with E-state index in [-0.39, 0.29) is 12.2 Å². The molecule has 1 aliphatic heterocycles. The van der Waals surface area contributed by atoms with Gasteiger partial charge in [0.05, 0.1) is 12.2 Å². The summed E-state index contributed by atoms with van der Waals surface area (Å²) in [5.74, 6) is 0. The van der Waals surface area contributed by atoms with Crippen LogP contribution in [0.25, 0.3) is 0 Å². The van der Waals surface area contributed by atoms with E-state index in [1.807, 2.05) is 0 Å². The van der Waals surface area contributed by atoms with Crippen LogP contribution in [-0.2, 0) is 9.47 Å². The zero-order chi connectivity index (χ0) is 11.5. The molecule has 4 atom stereocenters. The van der Waals surface area contributed by atoms with Crippen LogP contribution in [-0.4, -0.2) is 63.5 Å². The summed E-state index contributed by atoms with van der Waals surface area (Å²) in [5, 5.41) is 3.38. The minimum atomic E-state index is 0.249. The normalized spacial score (nSPS) is 40.7. The minimum absolute atomic E-state index is 0.249. The first-order chi connectivity index (χ1) is 7.78. The molecule has 0 bridgehead atoms. The highest BCUT2D eigenvalue weighted by Gasteiger charge is 2.38. The van der Waals surface area contributed by atoms with Crippen LogP contribution in [0, 0.1) is 0 Å². The number of rotatable bonds is 4. The van der Waals surface area contributed by atoms with E-state index in [1.165, 1.54) is 19.3 Å². The van der Waals surface area contributed by atoms with Crippen LogP contribution < -0.4 is 5.32 Å². The quantitative estimate of drug-likeness (QED) is 0.758. The summed E-state index contributed by atoms with van der Waals surface area (Å²) >= 11 is 0. The average molecular weight is 228 g/mol. The molecule has 1 heterocycles. The lowest BCUT2D eigenvalue weighted by Gasteiger charge is -2.23. The predicted octanol–water partition coefficient (Wildman–Crippen LogP) is 0.473.